The molecule has 0 aliphatic carbocycles. The topological polar surface area (TPSA) is 78.4 Å². The number of hydrogen-bond donors (Lipinski definition) is 1. The van der Waals surface area contributed by atoms with E-state index in [1.165, 1.54) is 24.5 Å². The molecule has 0 saturated carbocycles. The minimum atomic E-state index is -0.321. The first-order chi connectivity index (χ1) is 14.5. The normalized spacial score (nSPS) is 22.8. The summed E-state index contributed by atoms with van der Waals surface area (Å²) in [5.41, 5.74) is 0.995. The zero-order valence-electron chi connectivity index (χ0n) is 17.0. The summed E-state index contributed by atoms with van der Waals surface area (Å²) in [4.78, 5) is 37.4. The van der Waals surface area contributed by atoms with Crippen molar-refractivity contribution in [2.45, 2.75) is 25.3 Å². The second-order valence-corrected chi connectivity index (χ2v) is 8.16. The van der Waals surface area contributed by atoms with Gasteiger partial charge in [-0.2, -0.15) is 0 Å². The summed E-state index contributed by atoms with van der Waals surface area (Å²) in [7, 11) is 2.06. The first-order valence-corrected chi connectivity index (χ1v) is 10.3. The van der Waals surface area contributed by atoms with Crippen LogP contribution >= 0.6 is 0 Å². The second-order valence-electron chi connectivity index (χ2n) is 8.16. The molecule has 2 amide bonds. The van der Waals surface area contributed by atoms with Crippen molar-refractivity contribution in [3.63, 3.8) is 0 Å². The van der Waals surface area contributed by atoms with Gasteiger partial charge >= 0.3 is 0 Å². The SMILES string of the molecule is CN1C[C@H](C(=O)Nc2ccc(F)cc2)C[C@H]1C1CCN(C(=O)c2cnccn2)CC1. The highest BCUT2D eigenvalue weighted by Crippen LogP contribution is 2.33. The minimum absolute atomic E-state index is 0.0220. The molecule has 2 saturated heterocycles. The van der Waals surface area contributed by atoms with Gasteiger partial charge in [-0.25, -0.2) is 9.37 Å². The van der Waals surface area contributed by atoms with E-state index in [2.05, 4.69) is 27.2 Å². The van der Waals surface area contributed by atoms with Gasteiger partial charge in [0.1, 0.15) is 11.5 Å². The molecule has 0 radical (unpaired) electrons. The summed E-state index contributed by atoms with van der Waals surface area (Å²) in [6.45, 7) is 2.09. The number of amides is 2. The Labute approximate surface area is 175 Å². The van der Waals surface area contributed by atoms with Crippen molar-refractivity contribution >= 4 is 17.5 Å². The minimum Gasteiger partial charge on any atom is -0.337 e. The molecule has 2 aliphatic heterocycles. The summed E-state index contributed by atoms with van der Waals surface area (Å²) in [5, 5.41) is 2.90. The fraction of sp³-hybridized carbons (Fsp3) is 0.455. The Morgan fingerprint density at radius 3 is 2.53 bits per heavy atom. The number of nitrogens with one attached hydrogen (secondary N) is 1. The first-order valence-electron chi connectivity index (χ1n) is 10.3. The third-order valence-electron chi connectivity index (χ3n) is 6.24. The molecule has 0 unspecified atom stereocenters. The Balaban J connectivity index is 1.30. The van der Waals surface area contributed by atoms with E-state index >= 15 is 0 Å². The van der Waals surface area contributed by atoms with Crippen LogP contribution in [0.3, 0.4) is 0 Å². The van der Waals surface area contributed by atoms with Crippen LogP contribution in [-0.4, -0.2) is 64.3 Å². The van der Waals surface area contributed by atoms with Crippen LogP contribution in [0.2, 0.25) is 0 Å². The number of carbonyl (C=O) groups is 2. The van der Waals surface area contributed by atoms with Gasteiger partial charge in [-0.3, -0.25) is 14.6 Å². The van der Waals surface area contributed by atoms with Gasteiger partial charge in [0.05, 0.1) is 12.1 Å². The van der Waals surface area contributed by atoms with Gasteiger partial charge in [0.2, 0.25) is 5.91 Å². The molecule has 4 rings (SSSR count). The van der Waals surface area contributed by atoms with E-state index in [-0.39, 0.29) is 23.5 Å². The third kappa shape index (κ3) is 4.48. The van der Waals surface area contributed by atoms with Gasteiger partial charge in [-0.1, -0.05) is 0 Å². The summed E-state index contributed by atoms with van der Waals surface area (Å²) in [6.07, 6.45) is 7.21. The molecule has 7 nitrogen and oxygen atoms in total. The third-order valence-corrected chi connectivity index (χ3v) is 6.24. The van der Waals surface area contributed by atoms with E-state index in [9.17, 15) is 14.0 Å². The summed E-state index contributed by atoms with van der Waals surface area (Å²) in [5.74, 6) is -0.0595. The smallest absolute Gasteiger partial charge is 0.274 e. The number of anilines is 1. The molecule has 0 bridgehead atoms. The van der Waals surface area contributed by atoms with Crippen LogP contribution < -0.4 is 5.32 Å². The predicted molar refractivity (Wildman–Crippen MR) is 110 cm³/mol. The van der Waals surface area contributed by atoms with Crippen LogP contribution in [-0.2, 0) is 4.79 Å². The number of nitrogens with zero attached hydrogens (tertiary/aromatic N) is 4. The van der Waals surface area contributed by atoms with Crippen molar-refractivity contribution in [1.82, 2.24) is 19.8 Å². The molecular weight excluding hydrogens is 385 g/mol. The zero-order valence-corrected chi connectivity index (χ0v) is 17.0. The molecular formula is C22H26FN5O2. The maximum Gasteiger partial charge on any atom is 0.274 e. The molecule has 1 aromatic heterocycles. The van der Waals surface area contributed by atoms with Crippen LogP contribution in [0.15, 0.2) is 42.9 Å². The first kappa shape index (κ1) is 20.4. The Bertz CT molecular complexity index is 884. The average Bonchev–Trinajstić information content (AvgIpc) is 3.17. The Kier molecular flexibility index (Phi) is 6.03. The molecule has 2 aromatic rings. The zero-order chi connectivity index (χ0) is 21.1. The molecule has 1 N–H and O–H groups in total. The maximum atomic E-state index is 13.1. The van der Waals surface area contributed by atoms with E-state index < -0.39 is 0 Å². The van der Waals surface area contributed by atoms with Crippen molar-refractivity contribution in [3.05, 3.63) is 54.4 Å². The maximum absolute atomic E-state index is 13.1. The van der Waals surface area contributed by atoms with E-state index in [0.29, 0.717) is 43.0 Å². The lowest BCUT2D eigenvalue weighted by Gasteiger charge is -2.36. The molecule has 2 aliphatic rings. The number of rotatable bonds is 4. The van der Waals surface area contributed by atoms with Crippen LogP contribution in [0.1, 0.15) is 29.8 Å². The summed E-state index contributed by atoms with van der Waals surface area (Å²) in [6, 6.07) is 6.16. The van der Waals surface area contributed by atoms with E-state index in [0.717, 1.165) is 19.3 Å². The molecule has 30 heavy (non-hydrogen) atoms. The standard InChI is InChI=1S/C22H26FN5O2/c1-27-14-16(21(29)26-18-4-2-17(23)3-5-18)12-20(27)15-6-10-28(11-7-15)22(30)19-13-24-8-9-25-19/h2-5,8-9,13,15-16,20H,6-7,10-12,14H2,1H3,(H,26,29)/t16-,20+/m1/s1. The van der Waals surface area contributed by atoms with Gasteiger partial charge in [0.15, 0.2) is 0 Å². The van der Waals surface area contributed by atoms with Crippen molar-refractivity contribution in [2.24, 2.45) is 11.8 Å². The number of benzene rings is 1. The number of halogens is 1. The molecule has 2 fully saturated rings. The highest BCUT2D eigenvalue weighted by molar-refractivity contribution is 5.93. The largest absolute Gasteiger partial charge is 0.337 e. The van der Waals surface area contributed by atoms with Crippen molar-refractivity contribution < 1.29 is 14.0 Å². The lowest BCUT2D eigenvalue weighted by Crippen LogP contribution is -2.44. The summed E-state index contributed by atoms with van der Waals surface area (Å²) < 4.78 is 13.1. The van der Waals surface area contributed by atoms with Gasteiger partial charge in [-0.05, 0) is 56.5 Å². The average molecular weight is 411 g/mol. The summed E-state index contributed by atoms with van der Waals surface area (Å²) >= 11 is 0. The van der Waals surface area contributed by atoms with E-state index in [4.69, 9.17) is 0 Å². The highest BCUT2D eigenvalue weighted by Gasteiger charge is 2.39. The molecule has 1 aromatic carbocycles. The van der Waals surface area contributed by atoms with Crippen LogP contribution in [0.25, 0.3) is 0 Å². The molecule has 158 valence electrons. The molecule has 0 spiro atoms. The lowest BCUT2D eigenvalue weighted by molar-refractivity contribution is -0.119. The fourth-order valence-electron chi connectivity index (χ4n) is 4.61. The van der Waals surface area contributed by atoms with E-state index in [1.54, 1.807) is 18.3 Å². The lowest BCUT2D eigenvalue weighted by atomic mass is 9.86. The van der Waals surface area contributed by atoms with Crippen molar-refractivity contribution in [2.75, 3.05) is 32.0 Å². The predicted octanol–water partition coefficient (Wildman–Crippen LogP) is 2.43. The number of hydrogen-bond acceptors (Lipinski definition) is 5. The van der Waals surface area contributed by atoms with Crippen molar-refractivity contribution in [1.29, 1.82) is 0 Å². The number of likely N-dealkylation sites (tertiary alicyclic amines) is 2. The highest BCUT2D eigenvalue weighted by atomic mass is 19.1. The number of aromatic nitrogens is 2. The van der Waals surface area contributed by atoms with Crippen LogP contribution in [0, 0.1) is 17.7 Å². The number of piperidine rings is 1. The fourth-order valence-corrected chi connectivity index (χ4v) is 4.61. The van der Waals surface area contributed by atoms with Crippen LogP contribution in [0.5, 0.6) is 0 Å². The van der Waals surface area contributed by atoms with E-state index in [1.807, 2.05) is 4.90 Å². The molecule has 3 heterocycles. The quantitative estimate of drug-likeness (QED) is 0.836. The second kappa shape index (κ2) is 8.87. The number of carbonyl (C=O) groups excluding carboxylic acids is 2. The van der Waals surface area contributed by atoms with Crippen LogP contribution in [0.4, 0.5) is 10.1 Å². The Hall–Kier alpha value is -2.87. The van der Waals surface area contributed by atoms with Gasteiger partial charge in [-0.15, -0.1) is 0 Å². The Morgan fingerprint density at radius 1 is 1.13 bits per heavy atom. The Morgan fingerprint density at radius 2 is 1.87 bits per heavy atom. The van der Waals surface area contributed by atoms with Crippen molar-refractivity contribution in [3.8, 4) is 0 Å². The monoisotopic (exact) mass is 411 g/mol. The molecule has 8 heteroatoms. The molecule has 2 atom stereocenters. The van der Waals surface area contributed by atoms with Gasteiger partial charge in [0, 0.05) is 43.8 Å². The van der Waals surface area contributed by atoms with Gasteiger partial charge < -0.3 is 15.1 Å². The van der Waals surface area contributed by atoms with Gasteiger partial charge in [0.25, 0.3) is 5.91 Å².